The molecule has 1 aromatic carbocycles. The molecule has 2 aliphatic carbocycles. The van der Waals surface area contributed by atoms with Crippen LogP contribution >= 0.6 is 0 Å². The number of aliphatic carboxylic acids is 1. The number of piperidine rings is 1. The van der Waals surface area contributed by atoms with Gasteiger partial charge < -0.3 is 45.5 Å². The molecule has 224 valence electrons. The van der Waals surface area contributed by atoms with Crippen LogP contribution in [0.5, 0.6) is 11.5 Å². The molecule has 2 aliphatic heterocycles. The molecule has 1 saturated carbocycles. The van der Waals surface area contributed by atoms with Gasteiger partial charge in [0.15, 0.2) is 17.6 Å². The third-order valence-corrected chi connectivity index (χ3v) is 9.23. The first-order chi connectivity index (χ1) is 19.4. The van der Waals surface area contributed by atoms with Crippen molar-refractivity contribution in [1.29, 1.82) is 0 Å². The van der Waals surface area contributed by atoms with Gasteiger partial charge in [0.25, 0.3) is 0 Å². The van der Waals surface area contributed by atoms with Crippen molar-refractivity contribution in [2.24, 2.45) is 5.73 Å². The Morgan fingerprint density at radius 2 is 2.00 bits per heavy atom. The Balaban J connectivity index is 1.20. The third kappa shape index (κ3) is 4.79. The zero-order chi connectivity index (χ0) is 29.7. The van der Waals surface area contributed by atoms with E-state index in [1.807, 2.05) is 13.1 Å². The number of aliphatic hydroxyl groups is 1. The molecule has 13 heteroatoms. The zero-order valence-corrected chi connectivity index (χ0v) is 23.1. The number of amides is 1. The summed E-state index contributed by atoms with van der Waals surface area (Å²) in [5.41, 5.74) is 5.22. The van der Waals surface area contributed by atoms with Gasteiger partial charge in [-0.1, -0.05) is 6.07 Å². The molecule has 41 heavy (non-hydrogen) atoms. The average molecular weight is 576 g/mol. The number of likely N-dealkylation sites (N-methyl/N-ethyl adjacent to an activating group) is 1. The van der Waals surface area contributed by atoms with E-state index in [4.69, 9.17) is 25.1 Å². The van der Waals surface area contributed by atoms with Gasteiger partial charge in [-0.15, -0.1) is 0 Å². The highest BCUT2D eigenvalue weighted by molar-refractivity contribution is 5.81. The number of aromatic hydroxyl groups is 1. The van der Waals surface area contributed by atoms with Crippen LogP contribution < -0.4 is 15.8 Å². The molecular formula is C28H37N3O10. The number of benzene rings is 1. The van der Waals surface area contributed by atoms with E-state index in [9.17, 15) is 29.4 Å². The Morgan fingerprint density at radius 3 is 2.73 bits per heavy atom. The summed E-state index contributed by atoms with van der Waals surface area (Å²) in [5, 5.41) is 34.1. The molecular weight excluding hydrogens is 538 g/mol. The molecule has 2 bridgehead atoms. The minimum atomic E-state index is -1.23. The highest BCUT2D eigenvalue weighted by Gasteiger charge is 2.73. The van der Waals surface area contributed by atoms with Crippen LogP contribution in [-0.4, -0.2) is 100 Å². The Morgan fingerprint density at radius 1 is 1.24 bits per heavy atom. The van der Waals surface area contributed by atoms with Gasteiger partial charge in [-0.05, 0) is 64.3 Å². The first-order valence-corrected chi connectivity index (χ1v) is 14.0. The SMILES string of the molecule is C[C@H](OC(=O)CCNC(=O)CCC(N)C(=O)O)C(=O)O[C@H]1CC[C@@]2(O)[C@H]3Cc4ccc(O)c5c4[C@@]2(CCN3C)[C@H]1O5. The number of phenolic OH excluding ortho intramolecular Hbond substituents is 1. The highest BCUT2D eigenvalue weighted by atomic mass is 16.6. The van der Waals surface area contributed by atoms with Gasteiger partial charge in [0.1, 0.15) is 18.2 Å². The smallest absolute Gasteiger partial charge is 0.347 e. The van der Waals surface area contributed by atoms with E-state index in [0.29, 0.717) is 38.0 Å². The maximum absolute atomic E-state index is 13.0. The molecule has 13 nitrogen and oxygen atoms in total. The summed E-state index contributed by atoms with van der Waals surface area (Å²) in [6, 6.07) is 2.18. The lowest BCUT2D eigenvalue weighted by molar-refractivity contribution is -0.216. The van der Waals surface area contributed by atoms with Gasteiger partial charge in [-0.25, -0.2) is 4.79 Å². The zero-order valence-electron chi connectivity index (χ0n) is 23.1. The van der Waals surface area contributed by atoms with E-state index < -0.39 is 59.2 Å². The van der Waals surface area contributed by atoms with Gasteiger partial charge in [0.2, 0.25) is 5.91 Å². The number of nitrogens with two attached hydrogens (primary N) is 1. The van der Waals surface area contributed by atoms with Gasteiger partial charge in [0, 0.05) is 24.6 Å². The van der Waals surface area contributed by atoms with Gasteiger partial charge in [-0.3, -0.25) is 14.4 Å². The van der Waals surface area contributed by atoms with Gasteiger partial charge in [-0.2, -0.15) is 0 Å². The number of carboxylic acids is 1. The second kappa shape index (κ2) is 10.8. The van der Waals surface area contributed by atoms with Crippen LogP contribution in [0.4, 0.5) is 0 Å². The predicted octanol–water partition coefficient (Wildman–Crippen LogP) is -0.282. The Kier molecular flexibility index (Phi) is 7.64. The monoisotopic (exact) mass is 575 g/mol. The number of rotatable bonds is 10. The molecule has 1 saturated heterocycles. The van der Waals surface area contributed by atoms with Crippen molar-refractivity contribution in [3.63, 3.8) is 0 Å². The van der Waals surface area contributed by atoms with Crippen LogP contribution in [0.15, 0.2) is 12.1 Å². The minimum absolute atomic E-state index is 0.0172. The number of hydrogen-bond donors (Lipinski definition) is 5. The normalized spacial score (nSPS) is 30.8. The number of carbonyl (C=O) groups excluding carboxylic acids is 3. The van der Waals surface area contributed by atoms with Crippen LogP contribution in [0.25, 0.3) is 0 Å². The number of carboxylic acid groups (broad SMARTS) is 1. The fraction of sp³-hybridized carbons (Fsp3) is 0.643. The number of nitrogens with one attached hydrogen (secondary N) is 1. The lowest BCUT2D eigenvalue weighted by Crippen LogP contribution is -2.76. The minimum Gasteiger partial charge on any atom is -0.504 e. The van der Waals surface area contributed by atoms with Crippen molar-refractivity contribution in [1.82, 2.24) is 10.2 Å². The lowest BCUT2D eigenvalue weighted by Gasteiger charge is -2.63. The molecule has 4 aliphatic rings. The molecule has 7 atom stereocenters. The summed E-state index contributed by atoms with van der Waals surface area (Å²) in [5.74, 6) is -2.82. The Hall–Kier alpha value is -3.42. The molecule has 0 aromatic heterocycles. The number of carbonyl (C=O) groups is 4. The summed E-state index contributed by atoms with van der Waals surface area (Å²) < 4.78 is 17.4. The Labute approximate surface area is 236 Å². The number of ether oxygens (including phenoxy) is 3. The number of hydrogen-bond acceptors (Lipinski definition) is 11. The molecule has 1 amide bonds. The number of nitrogens with zero attached hydrogens (tertiary/aromatic N) is 1. The van der Waals surface area contributed by atoms with E-state index in [2.05, 4.69) is 10.2 Å². The van der Waals surface area contributed by atoms with Gasteiger partial charge >= 0.3 is 17.9 Å². The van der Waals surface area contributed by atoms with Crippen molar-refractivity contribution >= 4 is 23.8 Å². The summed E-state index contributed by atoms with van der Waals surface area (Å²) >= 11 is 0. The molecule has 1 spiro atoms. The van der Waals surface area contributed by atoms with Crippen molar-refractivity contribution in [2.75, 3.05) is 20.1 Å². The Bertz CT molecular complexity index is 1260. The van der Waals surface area contributed by atoms with Gasteiger partial charge in [0.05, 0.1) is 17.4 Å². The largest absolute Gasteiger partial charge is 0.504 e. The molecule has 2 fully saturated rings. The number of phenols is 1. The molecule has 1 unspecified atom stereocenters. The summed E-state index contributed by atoms with van der Waals surface area (Å²) in [6.45, 7) is 2.05. The van der Waals surface area contributed by atoms with Crippen molar-refractivity contribution < 1.29 is 48.7 Å². The molecule has 5 rings (SSSR count). The quantitative estimate of drug-likeness (QED) is 0.229. The second-order valence-electron chi connectivity index (χ2n) is 11.6. The maximum Gasteiger partial charge on any atom is 0.347 e. The first kappa shape index (κ1) is 29.1. The molecule has 1 aromatic rings. The summed E-state index contributed by atoms with van der Waals surface area (Å²) in [7, 11) is 2.00. The van der Waals surface area contributed by atoms with Crippen LogP contribution in [0, 0.1) is 0 Å². The summed E-state index contributed by atoms with van der Waals surface area (Å²) in [4.78, 5) is 50.0. The lowest BCUT2D eigenvalue weighted by atomic mass is 9.48. The fourth-order valence-electron chi connectivity index (χ4n) is 7.18. The van der Waals surface area contributed by atoms with E-state index in [0.717, 1.165) is 11.1 Å². The first-order valence-electron chi connectivity index (χ1n) is 14.0. The molecule has 2 heterocycles. The van der Waals surface area contributed by atoms with Crippen molar-refractivity contribution in [3.8, 4) is 11.5 Å². The van der Waals surface area contributed by atoms with Crippen LogP contribution in [0.1, 0.15) is 56.6 Å². The number of esters is 2. The van der Waals surface area contributed by atoms with Crippen LogP contribution in [0.3, 0.4) is 0 Å². The third-order valence-electron chi connectivity index (χ3n) is 9.23. The summed E-state index contributed by atoms with van der Waals surface area (Å²) in [6.07, 6.45) is -1.12. The van der Waals surface area contributed by atoms with Crippen LogP contribution in [0.2, 0.25) is 0 Å². The van der Waals surface area contributed by atoms with Crippen molar-refractivity contribution in [2.45, 2.75) is 93.3 Å². The van der Waals surface area contributed by atoms with E-state index in [1.54, 1.807) is 6.07 Å². The second-order valence-corrected chi connectivity index (χ2v) is 11.6. The molecule has 0 radical (unpaired) electrons. The topological polar surface area (TPSA) is 198 Å². The molecule has 6 N–H and O–H groups in total. The average Bonchev–Trinajstić information content (AvgIpc) is 3.28. The predicted molar refractivity (Wildman–Crippen MR) is 141 cm³/mol. The maximum atomic E-state index is 13.0. The fourth-order valence-corrected chi connectivity index (χ4v) is 7.18. The van der Waals surface area contributed by atoms with Crippen molar-refractivity contribution in [3.05, 3.63) is 23.3 Å². The number of likely N-dealkylation sites (tertiary alicyclic amines) is 1. The van der Waals surface area contributed by atoms with E-state index >= 15 is 0 Å². The van der Waals surface area contributed by atoms with Crippen LogP contribution in [-0.2, 0) is 40.5 Å². The van der Waals surface area contributed by atoms with E-state index in [1.165, 1.54) is 6.92 Å². The van der Waals surface area contributed by atoms with E-state index in [-0.39, 0.29) is 37.6 Å². The highest BCUT2D eigenvalue weighted by Crippen LogP contribution is 2.65. The standard InChI is InChI=1S/C28H37N3O10/c1-14(39-21(34)8-11-30-20(33)6-4-16(29)25(35)36)26(37)40-18-7-9-28(38)19-13-15-3-5-17(32)23-22(15)27(28,24(18)41-23)10-12-31(19)2/h3,5,14,16,18-19,24,32,38H,4,6-13,29H2,1-2H3,(H,30,33)(H,35,36)/t14-,16?,18-,19+,24-,27-,28+/m0/s1.